The van der Waals surface area contributed by atoms with E-state index >= 15 is 0 Å². The first-order valence-corrected chi connectivity index (χ1v) is 7.36. The molecule has 0 radical (unpaired) electrons. The molecule has 0 amide bonds. The summed E-state index contributed by atoms with van der Waals surface area (Å²) in [5.41, 5.74) is 1.43. The molecule has 2 heteroatoms. The largest absolute Gasteiger partial charge is 0.0921 e. The Labute approximate surface area is 110 Å². The quantitative estimate of drug-likeness (QED) is 0.636. The maximum absolute atomic E-state index is 3.61. The predicted molar refractivity (Wildman–Crippen MR) is 74.7 cm³/mol. The molecule has 0 spiro atoms. The van der Waals surface area contributed by atoms with Gasteiger partial charge in [0.15, 0.2) is 0 Å². The van der Waals surface area contributed by atoms with Crippen LogP contribution in [0.3, 0.4) is 0 Å². The Morgan fingerprint density at radius 2 is 1.93 bits per heavy atom. The lowest BCUT2D eigenvalue weighted by Crippen LogP contribution is -2.02. The first-order valence-electron chi connectivity index (χ1n) is 5.45. The minimum atomic E-state index is 0.643. The number of hydrogen-bond acceptors (Lipinski definition) is 0. The minimum Gasteiger partial charge on any atom is -0.0921 e. The number of benzene rings is 1. The van der Waals surface area contributed by atoms with E-state index < -0.39 is 0 Å². The smallest absolute Gasteiger partial charge is 0.0178 e. The Morgan fingerprint density at radius 1 is 1.20 bits per heavy atom. The topological polar surface area (TPSA) is 0 Å². The average Bonchev–Trinajstić information content (AvgIpc) is 2.18. The second-order valence-electron chi connectivity index (χ2n) is 4.38. The summed E-state index contributed by atoms with van der Waals surface area (Å²) in [5, 5.41) is 1.05. The van der Waals surface area contributed by atoms with Crippen molar-refractivity contribution >= 4 is 31.9 Å². The van der Waals surface area contributed by atoms with Crippen molar-refractivity contribution in [2.75, 3.05) is 5.33 Å². The Balaban J connectivity index is 2.65. The fourth-order valence-electron chi connectivity index (χ4n) is 1.63. The second kappa shape index (κ2) is 6.70. The molecule has 1 unspecified atom stereocenters. The highest BCUT2D eigenvalue weighted by molar-refractivity contribution is 9.10. The van der Waals surface area contributed by atoms with Gasteiger partial charge in [0.25, 0.3) is 0 Å². The lowest BCUT2D eigenvalue weighted by atomic mass is 9.93. The van der Waals surface area contributed by atoms with E-state index in [1.165, 1.54) is 22.9 Å². The maximum Gasteiger partial charge on any atom is 0.0178 e. The van der Waals surface area contributed by atoms with Crippen LogP contribution in [0.1, 0.15) is 38.2 Å². The zero-order chi connectivity index (χ0) is 11.3. The number of hydrogen-bond donors (Lipinski definition) is 0. The van der Waals surface area contributed by atoms with E-state index in [2.05, 4.69) is 70.0 Å². The van der Waals surface area contributed by atoms with Crippen molar-refractivity contribution in [2.45, 2.75) is 32.6 Å². The molecule has 15 heavy (non-hydrogen) atoms. The standard InChI is InChI=1S/C13H18Br2/c1-10(2)6-7-12(9-14)11-4-3-5-13(15)8-11/h3-5,8,10,12H,6-7,9H2,1-2H3. The van der Waals surface area contributed by atoms with Crippen LogP contribution in [-0.2, 0) is 0 Å². The SMILES string of the molecule is CC(C)CCC(CBr)c1cccc(Br)c1. The van der Waals surface area contributed by atoms with E-state index in [-0.39, 0.29) is 0 Å². The summed E-state index contributed by atoms with van der Waals surface area (Å²) >= 11 is 7.14. The van der Waals surface area contributed by atoms with Crippen LogP contribution in [0.25, 0.3) is 0 Å². The highest BCUT2D eigenvalue weighted by atomic mass is 79.9. The normalized spacial score (nSPS) is 13.1. The summed E-state index contributed by atoms with van der Waals surface area (Å²) in [6.45, 7) is 4.57. The van der Waals surface area contributed by atoms with Gasteiger partial charge in [-0.1, -0.05) is 64.3 Å². The van der Waals surface area contributed by atoms with Crippen LogP contribution in [-0.4, -0.2) is 5.33 Å². The van der Waals surface area contributed by atoms with Crippen molar-refractivity contribution in [1.82, 2.24) is 0 Å². The van der Waals surface area contributed by atoms with E-state index in [9.17, 15) is 0 Å². The molecule has 84 valence electrons. The Hall–Kier alpha value is 0.180. The summed E-state index contributed by atoms with van der Waals surface area (Å²) < 4.78 is 1.18. The van der Waals surface area contributed by atoms with Gasteiger partial charge in [0.05, 0.1) is 0 Å². The van der Waals surface area contributed by atoms with Gasteiger partial charge in [-0.3, -0.25) is 0 Å². The Kier molecular flexibility index (Phi) is 5.91. The summed E-state index contributed by atoms with van der Waals surface area (Å²) in [4.78, 5) is 0. The van der Waals surface area contributed by atoms with Crippen molar-refractivity contribution in [3.8, 4) is 0 Å². The molecular weight excluding hydrogens is 316 g/mol. The zero-order valence-corrected chi connectivity index (χ0v) is 12.5. The summed E-state index contributed by atoms with van der Waals surface area (Å²) in [6, 6.07) is 8.64. The first kappa shape index (κ1) is 13.2. The van der Waals surface area contributed by atoms with Crippen molar-refractivity contribution < 1.29 is 0 Å². The summed E-state index contributed by atoms with van der Waals surface area (Å²) in [5.74, 6) is 1.43. The van der Waals surface area contributed by atoms with E-state index in [1.54, 1.807) is 0 Å². The zero-order valence-electron chi connectivity index (χ0n) is 9.34. The van der Waals surface area contributed by atoms with Crippen LogP contribution < -0.4 is 0 Å². The van der Waals surface area contributed by atoms with E-state index in [4.69, 9.17) is 0 Å². The molecule has 0 saturated heterocycles. The molecule has 1 aromatic carbocycles. The fourth-order valence-corrected chi connectivity index (χ4v) is 2.74. The van der Waals surface area contributed by atoms with Crippen molar-refractivity contribution in [2.24, 2.45) is 5.92 Å². The molecule has 0 aliphatic rings. The summed E-state index contributed by atoms with van der Waals surface area (Å²) in [7, 11) is 0. The second-order valence-corrected chi connectivity index (χ2v) is 5.94. The molecule has 0 fully saturated rings. The molecule has 1 rings (SSSR count). The van der Waals surface area contributed by atoms with Gasteiger partial charge in [0.2, 0.25) is 0 Å². The number of rotatable bonds is 5. The van der Waals surface area contributed by atoms with Crippen LogP contribution in [0.4, 0.5) is 0 Å². The van der Waals surface area contributed by atoms with Gasteiger partial charge in [-0.2, -0.15) is 0 Å². The maximum atomic E-state index is 3.61. The highest BCUT2D eigenvalue weighted by Gasteiger charge is 2.10. The minimum absolute atomic E-state index is 0.643. The van der Waals surface area contributed by atoms with Crippen molar-refractivity contribution in [1.29, 1.82) is 0 Å². The van der Waals surface area contributed by atoms with Gasteiger partial charge in [0.1, 0.15) is 0 Å². The molecule has 0 heterocycles. The molecule has 0 aliphatic heterocycles. The molecule has 0 bridgehead atoms. The van der Waals surface area contributed by atoms with E-state index in [1.807, 2.05) is 0 Å². The van der Waals surface area contributed by atoms with Crippen molar-refractivity contribution in [3.05, 3.63) is 34.3 Å². The van der Waals surface area contributed by atoms with E-state index in [0.717, 1.165) is 11.2 Å². The van der Waals surface area contributed by atoms with Crippen molar-refractivity contribution in [3.63, 3.8) is 0 Å². The average molecular weight is 334 g/mol. The molecule has 0 nitrogen and oxygen atoms in total. The van der Waals surface area contributed by atoms with Crippen LogP contribution in [0.2, 0.25) is 0 Å². The van der Waals surface area contributed by atoms with Gasteiger partial charge in [-0.05, 0) is 36.0 Å². The third-order valence-corrected chi connectivity index (χ3v) is 3.87. The van der Waals surface area contributed by atoms with Gasteiger partial charge in [0, 0.05) is 9.80 Å². The predicted octanol–water partition coefficient (Wildman–Crippen LogP) is 5.36. The van der Waals surface area contributed by atoms with Crippen LogP contribution in [0.15, 0.2) is 28.7 Å². The summed E-state index contributed by atoms with van der Waals surface area (Å²) in [6.07, 6.45) is 2.56. The van der Waals surface area contributed by atoms with Gasteiger partial charge in [-0.15, -0.1) is 0 Å². The Morgan fingerprint density at radius 3 is 2.47 bits per heavy atom. The lowest BCUT2D eigenvalue weighted by Gasteiger charge is -2.16. The number of alkyl halides is 1. The lowest BCUT2D eigenvalue weighted by molar-refractivity contribution is 0.521. The first-order chi connectivity index (χ1) is 7.13. The third kappa shape index (κ3) is 4.69. The fraction of sp³-hybridized carbons (Fsp3) is 0.538. The number of halogens is 2. The highest BCUT2D eigenvalue weighted by Crippen LogP contribution is 2.27. The molecule has 0 aromatic heterocycles. The van der Waals surface area contributed by atoms with Crippen LogP contribution >= 0.6 is 31.9 Å². The van der Waals surface area contributed by atoms with Gasteiger partial charge < -0.3 is 0 Å². The van der Waals surface area contributed by atoms with Crippen LogP contribution in [0.5, 0.6) is 0 Å². The molecule has 1 atom stereocenters. The molecule has 1 aromatic rings. The molecular formula is C13H18Br2. The third-order valence-electron chi connectivity index (χ3n) is 2.60. The Bertz CT molecular complexity index is 294. The molecule has 0 aliphatic carbocycles. The molecule has 0 N–H and O–H groups in total. The van der Waals surface area contributed by atoms with Crippen LogP contribution in [0, 0.1) is 5.92 Å². The molecule has 0 saturated carbocycles. The monoisotopic (exact) mass is 332 g/mol. The van der Waals surface area contributed by atoms with Gasteiger partial charge >= 0.3 is 0 Å². The van der Waals surface area contributed by atoms with E-state index in [0.29, 0.717) is 5.92 Å². The van der Waals surface area contributed by atoms with Gasteiger partial charge in [-0.25, -0.2) is 0 Å².